The number of carbonyl (C=O) groups is 1. The highest BCUT2D eigenvalue weighted by atomic mass is 35.5. The Morgan fingerprint density at radius 2 is 2.25 bits per heavy atom. The molecule has 1 unspecified atom stereocenters. The molecular weight excluding hydrogens is 298 g/mol. The van der Waals surface area contributed by atoms with E-state index in [1.54, 1.807) is 0 Å². The van der Waals surface area contributed by atoms with Crippen molar-refractivity contribution in [3.63, 3.8) is 0 Å². The van der Waals surface area contributed by atoms with Crippen molar-refractivity contribution in [2.45, 2.75) is 26.3 Å². The minimum Gasteiger partial charge on any atom is -0.467 e. The molecule has 0 fully saturated rings. The van der Waals surface area contributed by atoms with Crippen molar-refractivity contribution < 1.29 is 9.53 Å². The molecule has 0 amide bonds. The van der Waals surface area contributed by atoms with Crippen molar-refractivity contribution in [3.8, 4) is 0 Å². The number of hydrogen-bond donors (Lipinski definition) is 1. The smallest absolute Gasteiger partial charge is 0.328 e. The zero-order valence-electron chi connectivity index (χ0n) is 11.5. The second kappa shape index (κ2) is 6.37. The van der Waals surface area contributed by atoms with E-state index in [9.17, 15) is 4.79 Å². The standard InChI is InChI=1S/C13H16ClN3O2S/c1-7(2)6-9(12(18)19-3)15-10-8-4-5-20-11(8)17-13(14)16-10/h4-5,7,9H,6H2,1-3H3,(H,15,16,17). The lowest BCUT2D eigenvalue weighted by Gasteiger charge is -2.19. The molecule has 0 spiro atoms. The molecule has 0 aliphatic carbocycles. The Bertz CT molecular complexity index is 615. The summed E-state index contributed by atoms with van der Waals surface area (Å²) in [6, 6.07) is 1.46. The number of ether oxygens (including phenoxy) is 1. The summed E-state index contributed by atoms with van der Waals surface area (Å²) in [6.07, 6.45) is 0.653. The largest absolute Gasteiger partial charge is 0.467 e. The molecule has 2 aromatic heterocycles. The number of aromatic nitrogens is 2. The molecule has 108 valence electrons. The van der Waals surface area contributed by atoms with E-state index in [2.05, 4.69) is 15.3 Å². The van der Waals surface area contributed by atoms with E-state index in [-0.39, 0.29) is 11.3 Å². The molecule has 0 radical (unpaired) electrons. The Kier molecular flexibility index (Phi) is 4.77. The first kappa shape index (κ1) is 15.0. The second-order valence-electron chi connectivity index (χ2n) is 4.83. The molecule has 1 N–H and O–H groups in total. The van der Waals surface area contributed by atoms with Gasteiger partial charge in [0, 0.05) is 0 Å². The van der Waals surface area contributed by atoms with Crippen LogP contribution in [-0.4, -0.2) is 29.1 Å². The lowest BCUT2D eigenvalue weighted by atomic mass is 10.0. The average molecular weight is 314 g/mol. The fourth-order valence-electron chi connectivity index (χ4n) is 1.93. The van der Waals surface area contributed by atoms with E-state index < -0.39 is 6.04 Å². The minimum atomic E-state index is -0.450. The number of methoxy groups -OCH3 is 1. The van der Waals surface area contributed by atoms with Crippen molar-refractivity contribution in [1.29, 1.82) is 0 Å². The van der Waals surface area contributed by atoms with Crippen molar-refractivity contribution >= 4 is 44.9 Å². The normalized spacial score (nSPS) is 12.7. The number of esters is 1. The maximum atomic E-state index is 11.9. The molecule has 2 heterocycles. The third-order valence-electron chi connectivity index (χ3n) is 2.80. The van der Waals surface area contributed by atoms with Crippen molar-refractivity contribution in [3.05, 3.63) is 16.7 Å². The van der Waals surface area contributed by atoms with Crippen LogP contribution < -0.4 is 5.32 Å². The van der Waals surface area contributed by atoms with Gasteiger partial charge in [-0.2, -0.15) is 0 Å². The first-order valence-corrected chi connectivity index (χ1v) is 7.52. The minimum absolute atomic E-state index is 0.163. The van der Waals surface area contributed by atoms with Crippen LogP contribution in [-0.2, 0) is 9.53 Å². The molecule has 0 saturated carbocycles. The van der Waals surface area contributed by atoms with E-state index in [0.29, 0.717) is 18.2 Å². The quantitative estimate of drug-likeness (QED) is 0.677. The fourth-order valence-corrected chi connectivity index (χ4v) is 2.92. The molecule has 0 aliphatic heterocycles. The number of rotatable bonds is 5. The zero-order chi connectivity index (χ0) is 14.7. The highest BCUT2D eigenvalue weighted by molar-refractivity contribution is 7.16. The molecule has 0 aromatic carbocycles. The highest BCUT2D eigenvalue weighted by Gasteiger charge is 2.22. The van der Waals surface area contributed by atoms with Crippen molar-refractivity contribution in [1.82, 2.24) is 9.97 Å². The maximum Gasteiger partial charge on any atom is 0.328 e. The van der Waals surface area contributed by atoms with Gasteiger partial charge in [-0.1, -0.05) is 13.8 Å². The molecule has 1 atom stereocenters. The number of carbonyl (C=O) groups excluding carboxylic acids is 1. The van der Waals surface area contributed by atoms with Gasteiger partial charge in [-0.25, -0.2) is 14.8 Å². The summed E-state index contributed by atoms with van der Waals surface area (Å²) in [5, 5.41) is 6.06. The summed E-state index contributed by atoms with van der Waals surface area (Å²) >= 11 is 7.39. The SMILES string of the molecule is COC(=O)C(CC(C)C)Nc1nc(Cl)nc2sccc12. The maximum absolute atomic E-state index is 11.9. The van der Waals surface area contributed by atoms with Crippen LogP contribution >= 0.6 is 22.9 Å². The van der Waals surface area contributed by atoms with Gasteiger partial charge in [-0.05, 0) is 35.4 Å². The summed E-state index contributed by atoms with van der Waals surface area (Å²) in [5.41, 5.74) is 0. The van der Waals surface area contributed by atoms with E-state index >= 15 is 0 Å². The molecule has 2 rings (SSSR count). The Balaban J connectivity index is 2.32. The molecule has 2 aromatic rings. The van der Waals surface area contributed by atoms with E-state index in [0.717, 1.165) is 10.2 Å². The number of nitrogens with zero attached hydrogens (tertiary/aromatic N) is 2. The zero-order valence-corrected chi connectivity index (χ0v) is 13.1. The summed E-state index contributed by atoms with van der Waals surface area (Å²) in [6.45, 7) is 4.09. The Hall–Kier alpha value is -1.40. The lowest BCUT2D eigenvalue weighted by Crippen LogP contribution is -2.32. The van der Waals surface area contributed by atoms with Gasteiger partial charge in [-0.3, -0.25) is 0 Å². The number of nitrogens with one attached hydrogen (secondary N) is 1. The van der Waals surface area contributed by atoms with Gasteiger partial charge in [0.25, 0.3) is 0 Å². The van der Waals surface area contributed by atoms with Gasteiger partial charge in [0.2, 0.25) is 5.28 Å². The van der Waals surface area contributed by atoms with Crippen LogP contribution in [0.1, 0.15) is 20.3 Å². The van der Waals surface area contributed by atoms with Crippen LogP contribution in [0.3, 0.4) is 0 Å². The fraction of sp³-hybridized carbons (Fsp3) is 0.462. The Morgan fingerprint density at radius 1 is 1.50 bits per heavy atom. The molecule has 0 saturated heterocycles. The summed E-state index contributed by atoms with van der Waals surface area (Å²) in [5.74, 6) is 0.607. The topological polar surface area (TPSA) is 64.1 Å². The monoisotopic (exact) mass is 313 g/mol. The molecular formula is C13H16ClN3O2S. The summed E-state index contributed by atoms with van der Waals surface area (Å²) in [4.78, 5) is 21.0. The predicted molar refractivity (Wildman–Crippen MR) is 81.3 cm³/mol. The third kappa shape index (κ3) is 3.37. The molecule has 0 aliphatic rings. The first-order valence-electron chi connectivity index (χ1n) is 6.26. The Morgan fingerprint density at radius 3 is 2.90 bits per heavy atom. The van der Waals surface area contributed by atoms with Gasteiger partial charge >= 0.3 is 5.97 Å². The van der Waals surface area contributed by atoms with Crippen LogP contribution in [0.25, 0.3) is 10.2 Å². The molecule has 7 heteroatoms. The van der Waals surface area contributed by atoms with Crippen LogP contribution in [0.2, 0.25) is 5.28 Å². The lowest BCUT2D eigenvalue weighted by molar-refractivity contribution is -0.141. The van der Waals surface area contributed by atoms with E-state index in [1.807, 2.05) is 25.3 Å². The van der Waals surface area contributed by atoms with Crippen LogP contribution in [0.4, 0.5) is 5.82 Å². The molecule has 20 heavy (non-hydrogen) atoms. The van der Waals surface area contributed by atoms with Crippen LogP contribution in [0.5, 0.6) is 0 Å². The first-order chi connectivity index (χ1) is 9.51. The van der Waals surface area contributed by atoms with Crippen LogP contribution in [0.15, 0.2) is 11.4 Å². The number of anilines is 1. The Labute approximate surface area is 126 Å². The molecule has 5 nitrogen and oxygen atoms in total. The van der Waals surface area contributed by atoms with E-state index in [1.165, 1.54) is 18.4 Å². The number of halogens is 1. The van der Waals surface area contributed by atoms with E-state index in [4.69, 9.17) is 16.3 Å². The van der Waals surface area contributed by atoms with Crippen molar-refractivity contribution in [2.75, 3.05) is 12.4 Å². The predicted octanol–water partition coefficient (Wildman–Crippen LogP) is 3.34. The molecule has 0 bridgehead atoms. The number of thiophene rings is 1. The second-order valence-corrected chi connectivity index (χ2v) is 6.06. The summed E-state index contributed by atoms with van der Waals surface area (Å²) in [7, 11) is 1.38. The number of hydrogen-bond acceptors (Lipinski definition) is 6. The third-order valence-corrected chi connectivity index (χ3v) is 3.78. The highest BCUT2D eigenvalue weighted by Crippen LogP contribution is 2.27. The van der Waals surface area contributed by atoms with Gasteiger partial charge in [0.05, 0.1) is 12.5 Å². The van der Waals surface area contributed by atoms with Gasteiger partial charge in [-0.15, -0.1) is 11.3 Å². The number of fused-ring (bicyclic) bond motifs is 1. The van der Waals surface area contributed by atoms with Crippen LogP contribution in [0, 0.1) is 5.92 Å². The average Bonchev–Trinajstić information content (AvgIpc) is 2.84. The van der Waals surface area contributed by atoms with Gasteiger partial charge < -0.3 is 10.1 Å². The van der Waals surface area contributed by atoms with Gasteiger partial charge in [0.15, 0.2) is 0 Å². The summed E-state index contributed by atoms with van der Waals surface area (Å²) < 4.78 is 4.83. The van der Waals surface area contributed by atoms with Crippen molar-refractivity contribution in [2.24, 2.45) is 5.92 Å². The van der Waals surface area contributed by atoms with Gasteiger partial charge in [0.1, 0.15) is 16.7 Å².